The molecule has 0 bridgehead atoms. The molecule has 1 aliphatic heterocycles. The molecule has 1 aromatic carbocycles. The molecule has 0 amide bonds. The average molecular weight is 386 g/mol. The second kappa shape index (κ2) is 7.48. The first-order valence-corrected chi connectivity index (χ1v) is 9.09. The first-order chi connectivity index (χ1) is 12.8. The third-order valence-corrected chi connectivity index (χ3v) is 5.31. The van der Waals surface area contributed by atoms with Gasteiger partial charge in [0.2, 0.25) is 5.88 Å². The van der Waals surface area contributed by atoms with Crippen molar-refractivity contribution in [3.05, 3.63) is 64.2 Å². The van der Waals surface area contributed by atoms with E-state index in [1.54, 1.807) is 12.1 Å². The first kappa shape index (κ1) is 19.0. The number of thioether (sulfide) groups is 1. The summed E-state index contributed by atoms with van der Waals surface area (Å²) in [5.41, 5.74) is 7.08. The Kier molecular flexibility index (Phi) is 5.27. The predicted molar refractivity (Wildman–Crippen MR) is 103 cm³/mol. The fourth-order valence-electron chi connectivity index (χ4n) is 2.77. The summed E-state index contributed by atoms with van der Waals surface area (Å²) in [6.07, 6.45) is 2.82. The van der Waals surface area contributed by atoms with Gasteiger partial charge in [-0.05, 0) is 42.5 Å². The molecule has 0 saturated heterocycles. The van der Waals surface area contributed by atoms with Gasteiger partial charge in [-0.2, -0.15) is 0 Å². The molecule has 0 radical (unpaired) electrons. The van der Waals surface area contributed by atoms with Crippen LogP contribution < -0.4 is 10.5 Å². The van der Waals surface area contributed by atoms with E-state index in [4.69, 9.17) is 10.5 Å². The number of ketones is 1. The number of nitrogens with zero attached hydrogens (tertiary/aromatic N) is 3. The number of ether oxygens (including phenoxy) is 1. The molecule has 3 rings (SSSR count). The normalized spacial score (nSPS) is 19.3. The molecular formula is C19H19FN4O2S. The quantitative estimate of drug-likeness (QED) is 0.794. The molecule has 1 aromatic heterocycles. The summed E-state index contributed by atoms with van der Waals surface area (Å²) in [5, 5.41) is 2.24. The molecule has 1 aliphatic rings. The van der Waals surface area contributed by atoms with Crippen LogP contribution in [-0.2, 0) is 12.0 Å². The number of aromatic nitrogens is 2. The zero-order chi connectivity index (χ0) is 19.6. The van der Waals surface area contributed by atoms with Crippen molar-refractivity contribution >= 4 is 22.7 Å². The third-order valence-electron chi connectivity index (χ3n) is 4.50. The Morgan fingerprint density at radius 2 is 2.11 bits per heavy atom. The van der Waals surface area contributed by atoms with Crippen LogP contribution in [0.5, 0.6) is 5.88 Å². The lowest BCUT2D eigenvalue weighted by Crippen LogP contribution is -2.28. The molecule has 6 nitrogen and oxygen atoms in total. The summed E-state index contributed by atoms with van der Waals surface area (Å²) in [5.74, 6) is -0.284. The Balaban J connectivity index is 1.90. The van der Waals surface area contributed by atoms with E-state index in [0.717, 1.165) is 5.57 Å². The van der Waals surface area contributed by atoms with E-state index in [1.165, 1.54) is 37.3 Å². The molecule has 140 valence electrons. The van der Waals surface area contributed by atoms with Gasteiger partial charge >= 0.3 is 0 Å². The molecule has 0 spiro atoms. The molecule has 2 aromatic rings. The minimum atomic E-state index is -0.904. The van der Waals surface area contributed by atoms with Crippen molar-refractivity contribution in [3.63, 3.8) is 0 Å². The number of nitrogens with two attached hydrogens (primary N) is 1. The van der Waals surface area contributed by atoms with Gasteiger partial charge in [-0.3, -0.25) is 4.79 Å². The average Bonchev–Trinajstić information content (AvgIpc) is 2.66. The van der Waals surface area contributed by atoms with E-state index < -0.39 is 11.4 Å². The summed E-state index contributed by atoms with van der Waals surface area (Å²) >= 11 is 1.31. The zero-order valence-corrected chi connectivity index (χ0v) is 16.0. The van der Waals surface area contributed by atoms with Crippen molar-refractivity contribution in [3.8, 4) is 5.88 Å². The van der Waals surface area contributed by atoms with Gasteiger partial charge in [0.15, 0.2) is 11.0 Å². The topological polar surface area (TPSA) is 90.5 Å². The molecule has 8 heteroatoms. The highest BCUT2D eigenvalue weighted by Gasteiger charge is 2.34. The van der Waals surface area contributed by atoms with Crippen LogP contribution in [0.2, 0.25) is 0 Å². The van der Waals surface area contributed by atoms with Crippen molar-refractivity contribution in [2.75, 3.05) is 7.11 Å². The number of rotatable bonds is 5. The van der Waals surface area contributed by atoms with E-state index >= 15 is 0 Å². The van der Waals surface area contributed by atoms with Gasteiger partial charge in [0.25, 0.3) is 0 Å². The first-order valence-electron chi connectivity index (χ1n) is 8.21. The highest BCUT2D eigenvalue weighted by Crippen LogP contribution is 2.39. The monoisotopic (exact) mass is 386 g/mol. The smallest absolute Gasteiger partial charge is 0.232 e. The van der Waals surface area contributed by atoms with Crippen molar-refractivity contribution in [1.82, 2.24) is 9.97 Å². The molecule has 0 aliphatic carbocycles. The van der Waals surface area contributed by atoms with Crippen molar-refractivity contribution in [2.24, 2.45) is 10.7 Å². The van der Waals surface area contributed by atoms with Crippen LogP contribution in [0.1, 0.15) is 35.5 Å². The second-order valence-corrected chi connectivity index (χ2v) is 7.19. The standard InChI is InChI=1S/C19H19FN4O2S/c1-11-10-27-18(21)24-19(11,2)13-6-12(4-5-14(13)20)7-16(25)15-8-23-17(26-3)9-22-15/h4-6,8-10H,7H2,1-3H3,(H2,21,24)/t19-/m0/s1. The van der Waals surface area contributed by atoms with E-state index in [2.05, 4.69) is 15.0 Å². The van der Waals surface area contributed by atoms with E-state index in [0.29, 0.717) is 22.2 Å². The predicted octanol–water partition coefficient (Wildman–Crippen LogP) is 3.23. The summed E-state index contributed by atoms with van der Waals surface area (Å²) in [7, 11) is 1.47. The SMILES string of the molecule is COc1cnc(C(=O)Cc2ccc(F)c([C@@]3(C)N=C(N)SC=C3C)c2)cn1. The number of benzene rings is 1. The maximum absolute atomic E-state index is 14.6. The van der Waals surface area contributed by atoms with Gasteiger partial charge in [0, 0.05) is 12.0 Å². The Morgan fingerprint density at radius 3 is 2.78 bits per heavy atom. The molecule has 1 atom stereocenters. The van der Waals surface area contributed by atoms with Crippen molar-refractivity contribution in [2.45, 2.75) is 25.8 Å². The van der Waals surface area contributed by atoms with Crippen LogP contribution in [0.3, 0.4) is 0 Å². The summed E-state index contributed by atoms with van der Waals surface area (Å²) < 4.78 is 19.5. The fourth-order valence-corrected chi connectivity index (χ4v) is 3.53. The Hall–Kier alpha value is -2.74. The summed E-state index contributed by atoms with van der Waals surface area (Å²) in [6.45, 7) is 3.69. The van der Waals surface area contributed by atoms with Crippen LogP contribution in [-0.4, -0.2) is 28.0 Å². The lowest BCUT2D eigenvalue weighted by molar-refractivity contribution is 0.0987. The van der Waals surface area contributed by atoms with Gasteiger partial charge in [-0.15, -0.1) is 0 Å². The molecule has 0 fully saturated rings. The van der Waals surface area contributed by atoms with E-state index in [1.807, 2.05) is 19.3 Å². The molecule has 2 N–H and O–H groups in total. The second-order valence-electron chi connectivity index (χ2n) is 6.30. The largest absolute Gasteiger partial charge is 0.480 e. The van der Waals surface area contributed by atoms with Gasteiger partial charge in [0.1, 0.15) is 17.1 Å². The highest BCUT2D eigenvalue weighted by molar-refractivity contribution is 8.16. The van der Waals surface area contributed by atoms with Crippen LogP contribution in [0, 0.1) is 5.82 Å². The number of halogens is 1. The summed E-state index contributed by atoms with van der Waals surface area (Å²) in [4.78, 5) is 25.0. The minimum absolute atomic E-state index is 0.0705. The number of aliphatic imine (C=N–C) groups is 1. The lowest BCUT2D eigenvalue weighted by Gasteiger charge is -2.30. The number of methoxy groups -OCH3 is 1. The number of Topliss-reactive ketones (excluding diaryl/α,β-unsaturated/α-hetero) is 1. The van der Waals surface area contributed by atoms with Crippen LogP contribution >= 0.6 is 11.8 Å². The number of hydrogen-bond donors (Lipinski definition) is 1. The zero-order valence-electron chi connectivity index (χ0n) is 15.2. The molecule has 0 unspecified atom stereocenters. The molecule has 0 saturated carbocycles. The maximum atomic E-state index is 14.6. The van der Waals surface area contributed by atoms with Crippen LogP contribution in [0.4, 0.5) is 4.39 Å². The number of hydrogen-bond acceptors (Lipinski definition) is 7. The summed E-state index contributed by atoms with van der Waals surface area (Å²) in [6, 6.07) is 4.60. The van der Waals surface area contributed by atoms with Gasteiger partial charge in [-0.25, -0.2) is 19.4 Å². The number of carbonyl (C=O) groups is 1. The van der Waals surface area contributed by atoms with Gasteiger partial charge in [0.05, 0.1) is 19.5 Å². The molecular weight excluding hydrogens is 367 g/mol. The highest BCUT2D eigenvalue weighted by atomic mass is 32.2. The molecule has 27 heavy (non-hydrogen) atoms. The maximum Gasteiger partial charge on any atom is 0.232 e. The fraction of sp³-hybridized carbons (Fsp3) is 0.263. The van der Waals surface area contributed by atoms with Gasteiger partial charge < -0.3 is 10.5 Å². The van der Waals surface area contributed by atoms with Crippen LogP contribution in [0.15, 0.2) is 46.6 Å². The van der Waals surface area contributed by atoms with E-state index in [9.17, 15) is 9.18 Å². The van der Waals surface area contributed by atoms with E-state index in [-0.39, 0.29) is 17.9 Å². The Bertz CT molecular complexity index is 943. The third kappa shape index (κ3) is 3.85. The Morgan fingerprint density at radius 1 is 1.33 bits per heavy atom. The molecule has 2 heterocycles. The van der Waals surface area contributed by atoms with Gasteiger partial charge in [-0.1, -0.05) is 17.8 Å². The Labute approximate surface area is 160 Å². The minimum Gasteiger partial charge on any atom is -0.480 e. The lowest BCUT2D eigenvalue weighted by atomic mass is 9.84. The number of amidine groups is 1. The van der Waals surface area contributed by atoms with Crippen molar-refractivity contribution in [1.29, 1.82) is 0 Å². The van der Waals surface area contributed by atoms with Crippen molar-refractivity contribution < 1.29 is 13.9 Å². The van der Waals surface area contributed by atoms with Crippen LogP contribution in [0.25, 0.3) is 0 Å². The number of carbonyl (C=O) groups excluding carboxylic acids is 1.